The first kappa shape index (κ1) is 18.5. The topological polar surface area (TPSA) is 59.8 Å². The van der Waals surface area contributed by atoms with Crippen molar-refractivity contribution in [2.75, 3.05) is 5.32 Å². The van der Waals surface area contributed by atoms with Gasteiger partial charge in [-0.25, -0.2) is 4.68 Å². The molecule has 3 aromatic carbocycles. The number of ketones is 1. The van der Waals surface area contributed by atoms with Gasteiger partial charge in [-0.1, -0.05) is 70.5 Å². The Kier molecular flexibility index (Phi) is 4.28. The standard InChI is InChI=1S/C25H19BrN4O/c26-17-13-11-16(12-14-17)23-22-20(9-4-10-21(22)31)27-25-28-24(29-30(23)25)19-8-3-6-15-5-1-2-7-18(15)19/h1-3,5-8,11-14,23H,4,9-10H2,(H,27,28,29). The molecule has 4 aromatic rings. The maximum atomic E-state index is 13.0. The van der Waals surface area contributed by atoms with Crippen LogP contribution < -0.4 is 5.32 Å². The molecule has 0 spiro atoms. The molecule has 152 valence electrons. The normalized spacial score (nSPS) is 18.0. The predicted molar refractivity (Wildman–Crippen MR) is 125 cm³/mol. The smallest absolute Gasteiger partial charge is 0.226 e. The molecular weight excluding hydrogens is 452 g/mol. The number of nitrogens with zero attached hydrogens (tertiary/aromatic N) is 3. The van der Waals surface area contributed by atoms with Crippen LogP contribution in [0.1, 0.15) is 30.9 Å². The summed E-state index contributed by atoms with van der Waals surface area (Å²) in [6.45, 7) is 0. The lowest BCUT2D eigenvalue weighted by molar-refractivity contribution is -0.116. The summed E-state index contributed by atoms with van der Waals surface area (Å²) < 4.78 is 2.88. The number of hydrogen-bond acceptors (Lipinski definition) is 4. The molecule has 1 atom stereocenters. The van der Waals surface area contributed by atoms with Crippen LogP contribution in [0.25, 0.3) is 22.2 Å². The van der Waals surface area contributed by atoms with E-state index in [9.17, 15) is 4.79 Å². The molecule has 2 heterocycles. The van der Waals surface area contributed by atoms with Crippen molar-refractivity contribution in [3.63, 3.8) is 0 Å². The fraction of sp³-hybridized carbons (Fsp3) is 0.160. The van der Waals surface area contributed by atoms with Crippen molar-refractivity contribution < 1.29 is 4.79 Å². The zero-order chi connectivity index (χ0) is 20.9. The Labute approximate surface area is 187 Å². The van der Waals surface area contributed by atoms with Crippen LogP contribution in [0.4, 0.5) is 5.95 Å². The molecule has 6 rings (SSSR count). The van der Waals surface area contributed by atoms with Gasteiger partial charge in [-0.2, -0.15) is 4.98 Å². The summed E-state index contributed by atoms with van der Waals surface area (Å²) in [6, 6.07) is 22.3. The summed E-state index contributed by atoms with van der Waals surface area (Å²) in [6.07, 6.45) is 2.29. The Morgan fingerprint density at radius 2 is 1.77 bits per heavy atom. The number of carbonyl (C=O) groups is 1. The van der Waals surface area contributed by atoms with Crippen molar-refractivity contribution in [2.45, 2.75) is 25.3 Å². The molecule has 0 amide bonds. The predicted octanol–water partition coefficient (Wildman–Crippen LogP) is 5.88. The van der Waals surface area contributed by atoms with E-state index in [0.29, 0.717) is 18.2 Å². The van der Waals surface area contributed by atoms with E-state index >= 15 is 0 Å². The summed E-state index contributed by atoms with van der Waals surface area (Å²) in [5.41, 5.74) is 3.81. The molecule has 1 aliphatic heterocycles. The van der Waals surface area contributed by atoms with Crippen LogP contribution in [0.5, 0.6) is 0 Å². The van der Waals surface area contributed by atoms with Crippen molar-refractivity contribution in [2.24, 2.45) is 0 Å². The molecule has 0 radical (unpaired) electrons. The third-order valence-electron chi connectivity index (χ3n) is 6.08. The van der Waals surface area contributed by atoms with Gasteiger partial charge >= 0.3 is 0 Å². The molecule has 0 bridgehead atoms. The van der Waals surface area contributed by atoms with Gasteiger partial charge in [0.1, 0.15) is 6.04 Å². The highest BCUT2D eigenvalue weighted by atomic mass is 79.9. The zero-order valence-electron chi connectivity index (χ0n) is 16.7. The number of nitrogens with one attached hydrogen (secondary N) is 1. The maximum absolute atomic E-state index is 13.0. The van der Waals surface area contributed by atoms with Gasteiger partial charge in [-0.15, -0.1) is 5.10 Å². The van der Waals surface area contributed by atoms with Gasteiger partial charge in [0.05, 0.1) is 0 Å². The Morgan fingerprint density at radius 3 is 2.65 bits per heavy atom. The first-order valence-electron chi connectivity index (χ1n) is 10.4. The largest absolute Gasteiger partial charge is 0.328 e. The highest BCUT2D eigenvalue weighted by Gasteiger charge is 2.36. The van der Waals surface area contributed by atoms with Gasteiger partial charge in [-0.05, 0) is 41.3 Å². The molecule has 6 heteroatoms. The summed E-state index contributed by atoms with van der Waals surface area (Å²) in [5.74, 6) is 1.53. The first-order valence-corrected chi connectivity index (χ1v) is 11.2. The van der Waals surface area contributed by atoms with Crippen LogP contribution in [0.2, 0.25) is 0 Å². The minimum atomic E-state index is -0.275. The number of carbonyl (C=O) groups excluding carboxylic acids is 1. The summed E-state index contributed by atoms with van der Waals surface area (Å²) in [5, 5.41) is 10.6. The van der Waals surface area contributed by atoms with Gasteiger partial charge in [0.2, 0.25) is 5.95 Å². The fourth-order valence-electron chi connectivity index (χ4n) is 4.64. The Bertz CT molecular complexity index is 1360. The molecule has 1 unspecified atom stereocenters. The molecule has 0 fully saturated rings. The van der Waals surface area contributed by atoms with E-state index in [1.165, 1.54) is 0 Å². The van der Waals surface area contributed by atoms with Crippen LogP contribution >= 0.6 is 15.9 Å². The number of Topliss-reactive ketones (excluding diaryl/α,β-unsaturated/α-hetero) is 1. The molecule has 1 N–H and O–H groups in total. The van der Waals surface area contributed by atoms with Crippen LogP contribution in [-0.4, -0.2) is 20.5 Å². The lowest BCUT2D eigenvalue weighted by Crippen LogP contribution is -2.31. The van der Waals surface area contributed by atoms with E-state index in [4.69, 9.17) is 10.1 Å². The SMILES string of the molecule is O=C1CCCC2=C1C(c1ccc(Br)cc1)n1nc(-c3cccc4ccccc34)nc1N2. The second-order valence-electron chi connectivity index (χ2n) is 7.98. The van der Waals surface area contributed by atoms with E-state index in [1.54, 1.807) is 0 Å². The lowest BCUT2D eigenvalue weighted by atomic mass is 9.85. The van der Waals surface area contributed by atoms with Gasteiger partial charge in [0.15, 0.2) is 11.6 Å². The first-order chi connectivity index (χ1) is 15.2. The second-order valence-corrected chi connectivity index (χ2v) is 8.89. The molecule has 5 nitrogen and oxygen atoms in total. The summed E-state index contributed by atoms with van der Waals surface area (Å²) in [4.78, 5) is 17.8. The lowest BCUT2D eigenvalue weighted by Gasteiger charge is -2.32. The minimum Gasteiger partial charge on any atom is -0.328 e. The van der Waals surface area contributed by atoms with Crippen molar-refractivity contribution in [3.8, 4) is 11.4 Å². The average molecular weight is 471 g/mol. The van der Waals surface area contributed by atoms with Gasteiger partial charge in [0.25, 0.3) is 0 Å². The Balaban J connectivity index is 1.55. The minimum absolute atomic E-state index is 0.189. The highest BCUT2D eigenvalue weighted by Crippen LogP contribution is 2.41. The number of halogens is 1. The van der Waals surface area contributed by atoms with Gasteiger partial charge in [0, 0.05) is 27.7 Å². The average Bonchev–Trinajstić information content (AvgIpc) is 3.22. The number of fused-ring (bicyclic) bond motifs is 2. The fourth-order valence-corrected chi connectivity index (χ4v) is 4.91. The van der Waals surface area contributed by atoms with Gasteiger partial charge < -0.3 is 5.32 Å². The van der Waals surface area contributed by atoms with E-state index in [0.717, 1.165) is 50.5 Å². The number of hydrogen-bond donors (Lipinski definition) is 1. The van der Waals surface area contributed by atoms with Crippen LogP contribution in [-0.2, 0) is 4.79 Å². The van der Waals surface area contributed by atoms with Crippen LogP contribution in [0.3, 0.4) is 0 Å². The van der Waals surface area contributed by atoms with Crippen LogP contribution in [0, 0.1) is 0 Å². The third-order valence-corrected chi connectivity index (χ3v) is 6.61. The number of anilines is 1. The zero-order valence-corrected chi connectivity index (χ0v) is 18.3. The number of benzene rings is 3. The van der Waals surface area contributed by atoms with E-state index < -0.39 is 0 Å². The van der Waals surface area contributed by atoms with Gasteiger partial charge in [-0.3, -0.25) is 4.79 Å². The van der Waals surface area contributed by atoms with Crippen molar-refractivity contribution >= 4 is 38.4 Å². The maximum Gasteiger partial charge on any atom is 0.226 e. The van der Waals surface area contributed by atoms with E-state index in [-0.39, 0.29) is 11.8 Å². The molecule has 2 aliphatic rings. The molecule has 31 heavy (non-hydrogen) atoms. The molecule has 0 saturated carbocycles. The van der Waals surface area contributed by atoms with Crippen molar-refractivity contribution in [1.29, 1.82) is 0 Å². The Morgan fingerprint density at radius 1 is 0.968 bits per heavy atom. The van der Waals surface area contributed by atoms with Crippen LogP contribution in [0.15, 0.2) is 82.5 Å². The van der Waals surface area contributed by atoms with Crippen molar-refractivity contribution in [3.05, 3.63) is 88.0 Å². The quantitative estimate of drug-likeness (QED) is 0.397. The molecule has 0 saturated heterocycles. The van der Waals surface area contributed by atoms with E-state index in [2.05, 4.69) is 57.6 Å². The summed E-state index contributed by atoms with van der Waals surface area (Å²) in [7, 11) is 0. The van der Waals surface area contributed by atoms with E-state index in [1.807, 2.05) is 35.0 Å². The second kappa shape index (κ2) is 7.17. The number of allylic oxidation sites excluding steroid dienone is 2. The summed E-state index contributed by atoms with van der Waals surface area (Å²) >= 11 is 3.51. The highest BCUT2D eigenvalue weighted by molar-refractivity contribution is 9.10. The number of rotatable bonds is 2. The third kappa shape index (κ3) is 3.01. The number of aromatic nitrogens is 3. The Hall–Kier alpha value is -3.25. The molecule has 1 aromatic heterocycles. The van der Waals surface area contributed by atoms with Crippen molar-refractivity contribution in [1.82, 2.24) is 14.8 Å². The molecular formula is C25H19BrN4O. The monoisotopic (exact) mass is 470 g/mol. The molecule has 1 aliphatic carbocycles.